The highest BCUT2D eigenvalue weighted by Gasteiger charge is 2.21. The number of amides is 1. The summed E-state index contributed by atoms with van der Waals surface area (Å²) in [5.74, 6) is 0.118. The zero-order valence-electron chi connectivity index (χ0n) is 9.03. The molecule has 1 aromatic rings. The van der Waals surface area contributed by atoms with Crippen LogP contribution in [0.1, 0.15) is 18.5 Å². The molecular weight excluding hydrogens is 228 g/mol. The Hall–Kier alpha value is -1.07. The van der Waals surface area contributed by atoms with Crippen LogP contribution in [0.2, 0.25) is 0 Å². The van der Waals surface area contributed by atoms with Crippen molar-refractivity contribution in [1.82, 2.24) is 20.6 Å². The smallest absolute Gasteiger partial charge is 0.237 e. The molecule has 6 heteroatoms. The third-order valence-corrected chi connectivity index (χ3v) is 2.63. The van der Waals surface area contributed by atoms with Crippen molar-refractivity contribution in [2.45, 2.75) is 25.3 Å². The Kier molecular flexibility index (Phi) is 5.28. The number of hydrogen-bond donors (Lipinski definition) is 3. The lowest BCUT2D eigenvalue weighted by Crippen LogP contribution is -2.41. The van der Waals surface area contributed by atoms with Gasteiger partial charge in [0.25, 0.3) is 0 Å². The molecule has 1 fully saturated rings. The molecule has 1 aliphatic heterocycles. The summed E-state index contributed by atoms with van der Waals surface area (Å²) in [6.45, 7) is 1.62. The number of rotatable bonds is 4. The summed E-state index contributed by atoms with van der Waals surface area (Å²) >= 11 is 0. The number of carbonyl (C=O) groups is 1. The molecule has 0 radical (unpaired) electrons. The Morgan fingerprint density at radius 1 is 1.62 bits per heavy atom. The van der Waals surface area contributed by atoms with Crippen LogP contribution in [0.3, 0.4) is 0 Å². The molecule has 0 aliphatic carbocycles. The van der Waals surface area contributed by atoms with Crippen molar-refractivity contribution in [3.63, 3.8) is 0 Å². The topological polar surface area (TPSA) is 69.8 Å². The van der Waals surface area contributed by atoms with E-state index in [4.69, 9.17) is 0 Å². The van der Waals surface area contributed by atoms with E-state index in [2.05, 4.69) is 20.6 Å². The molecule has 90 valence electrons. The van der Waals surface area contributed by atoms with E-state index in [9.17, 15) is 4.79 Å². The van der Waals surface area contributed by atoms with Crippen LogP contribution in [0.25, 0.3) is 0 Å². The summed E-state index contributed by atoms with van der Waals surface area (Å²) in [5, 5.41) is 6.08. The molecule has 2 heterocycles. The van der Waals surface area contributed by atoms with Crippen LogP contribution in [0.5, 0.6) is 0 Å². The fraction of sp³-hybridized carbons (Fsp3) is 0.600. The molecule has 2 rings (SSSR count). The van der Waals surface area contributed by atoms with Crippen LogP contribution in [0.4, 0.5) is 0 Å². The number of aromatic amines is 1. The first-order chi connectivity index (χ1) is 7.36. The fourth-order valence-electron chi connectivity index (χ4n) is 1.77. The lowest BCUT2D eigenvalue weighted by molar-refractivity contribution is -0.122. The van der Waals surface area contributed by atoms with Crippen LogP contribution in [0.15, 0.2) is 12.5 Å². The van der Waals surface area contributed by atoms with Crippen molar-refractivity contribution >= 4 is 18.3 Å². The van der Waals surface area contributed by atoms with E-state index in [1.807, 2.05) is 0 Å². The number of imidazole rings is 1. The first-order valence-electron chi connectivity index (χ1n) is 5.34. The molecule has 0 bridgehead atoms. The first-order valence-corrected chi connectivity index (χ1v) is 5.34. The highest BCUT2D eigenvalue weighted by molar-refractivity contribution is 5.85. The van der Waals surface area contributed by atoms with E-state index in [1.165, 1.54) is 0 Å². The van der Waals surface area contributed by atoms with Gasteiger partial charge < -0.3 is 15.6 Å². The minimum Gasteiger partial charge on any atom is -0.354 e. The van der Waals surface area contributed by atoms with Crippen LogP contribution in [-0.4, -0.2) is 35.0 Å². The van der Waals surface area contributed by atoms with Crippen LogP contribution in [-0.2, 0) is 11.2 Å². The molecule has 1 aliphatic rings. The minimum atomic E-state index is 0. The summed E-state index contributed by atoms with van der Waals surface area (Å²) in [7, 11) is 0. The van der Waals surface area contributed by atoms with Crippen molar-refractivity contribution in [3.8, 4) is 0 Å². The van der Waals surface area contributed by atoms with E-state index < -0.39 is 0 Å². The highest BCUT2D eigenvalue weighted by Crippen LogP contribution is 2.04. The van der Waals surface area contributed by atoms with E-state index in [-0.39, 0.29) is 24.4 Å². The van der Waals surface area contributed by atoms with Crippen molar-refractivity contribution < 1.29 is 4.79 Å². The Bertz CT molecular complexity index is 309. The van der Waals surface area contributed by atoms with E-state index in [0.717, 1.165) is 31.5 Å². The van der Waals surface area contributed by atoms with Crippen LogP contribution in [0, 0.1) is 0 Å². The Balaban J connectivity index is 0.00000128. The molecule has 1 atom stereocenters. The molecule has 0 unspecified atom stereocenters. The van der Waals surface area contributed by atoms with Gasteiger partial charge in [-0.05, 0) is 19.4 Å². The van der Waals surface area contributed by atoms with Gasteiger partial charge in [0.15, 0.2) is 0 Å². The van der Waals surface area contributed by atoms with Crippen molar-refractivity contribution in [3.05, 3.63) is 18.2 Å². The molecular formula is C10H17ClN4O. The summed E-state index contributed by atoms with van der Waals surface area (Å²) in [4.78, 5) is 18.5. The Morgan fingerprint density at radius 3 is 3.12 bits per heavy atom. The van der Waals surface area contributed by atoms with Gasteiger partial charge >= 0.3 is 0 Å². The molecule has 1 saturated heterocycles. The number of hydrogen-bond acceptors (Lipinski definition) is 3. The average molecular weight is 245 g/mol. The van der Waals surface area contributed by atoms with Gasteiger partial charge in [-0.2, -0.15) is 0 Å². The summed E-state index contributed by atoms with van der Waals surface area (Å²) in [6, 6.07) is 0.0202. The number of nitrogens with zero attached hydrogens (tertiary/aromatic N) is 1. The van der Waals surface area contributed by atoms with Crippen molar-refractivity contribution in [1.29, 1.82) is 0 Å². The summed E-state index contributed by atoms with van der Waals surface area (Å²) in [6.07, 6.45) is 6.28. The van der Waals surface area contributed by atoms with Crippen LogP contribution < -0.4 is 10.6 Å². The van der Waals surface area contributed by atoms with Gasteiger partial charge in [-0.15, -0.1) is 12.4 Å². The lowest BCUT2D eigenvalue weighted by atomic mass is 10.2. The predicted octanol–water partition coefficient (Wildman–Crippen LogP) is 0.242. The Labute approximate surface area is 101 Å². The molecule has 5 nitrogen and oxygen atoms in total. The zero-order valence-corrected chi connectivity index (χ0v) is 9.85. The summed E-state index contributed by atoms with van der Waals surface area (Å²) in [5.41, 5.74) is 1.05. The third-order valence-electron chi connectivity index (χ3n) is 2.63. The molecule has 1 amide bonds. The van der Waals surface area contributed by atoms with E-state index >= 15 is 0 Å². The van der Waals surface area contributed by atoms with Gasteiger partial charge in [-0.25, -0.2) is 4.98 Å². The number of halogens is 1. The normalized spacial score (nSPS) is 19.1. The van der Waals surface area contributed by atoms with E-state index in [0.29, 0.717) is 6.54 Å². The van der Waals surface area contributed by atoms with Crippen LogP contribution >= 0.6 is 12.4 Å². The second-order valence-electron chi connectivity index (χ2n) is 3.77. The van der Waals surface area contributed by atoms with Gasteiger partial charge in [0.05, 0.1) is 12.4 Å². The average Bonchev–Trinajstić information content (AvgIpc) is 2.90. The van der Waals surface area contributed by atoms with Gasteiger partial charge in [0.1, 0.15) is 0 Å². The molecule has 16 heavy (non-hydrogen) atoms. The minimum absolute atomic E-state index is 0. The standard InChI is InChI=1S/C10H16N4O.ClH/c15-10(9-2-1-4-12-9)13-5-3-8-6-11-7-14-8;/h6-7,9,12H,1-5H2,(H,11,14)(H,13,15);1H/t9-;/m0./s1. The molecule has 1 aromatic heterocycles. The molecule has 0 saturated carbocycles. The van der Waals surface area contributed by atoms with Crippen molar-refractivity contribution in [2.24, 2.45) is 0 Å². The third kappa shape index (κ3) is 3.50. The van der Waals surface area contributed by atoms with Gasteiger partial charge in [-0.3, -0.25) is 4.79 Å². The second kappa shape index (κ2) is 6.50. The maximum atomic E-state index is 11.6. The first kappa shape index (κ1) is 13.0. The Morgan fingerprint density at radius 2 is 2.50 bits per heavy atom. The molecule has 0 spiro atoms. The van der Waals surface area contributed by atoms with Gasteiger partial charge in [0.2, 0.25) is 5.91 Å². The molecule has 0 aromatic carbocycles. The maximum absolute atomic E-state index is 11.6. The fourth-order valence-corrected chi connectivity index (χ4v) is 1.77. The molecule has 3 N–H and O–H groups in total. The largest absolute Gasteiger partial charge is 0.354 e. The zero-order chi connectivity index (χ0) is 10.5. The quantitative estimate of drug-likeness (QED) is 0.711. The maximum Gasteiger partial charge on any atom is 0.237 e. The monoisotopic (exact) mass is 244 g/mol. The van der Waals surface area contributed by atoms with Gasteiger partial charge in [-0.1, -0.05) is 0 Å². The van der Waals surface area contributed by atoms with E-state index in [1.54, 1.807) is 12.5 Å². The number of aromatic nitrogens is 2. The SMILES string of the molecule is Cl.O=C(NCCc1cnc[nH]1)[C@@H]1CCCN1. The highest BCUT2D eigenvalue weighted by atomic mass is 35.5. The summed E-state index contributed by atoms with van der Waals surface area (Å²) < 4.78 is 0. The predicted molar refractivity (Wildman–Crippen MR) is 63.6 cm³/mol. The lowest BCUT2D eigenvalue weighted by Gasteiger charge is -2.10. The van der Waals surface area contributed by atoms with Crippen molar-refractivity contribution in [2.75, 3.05) is 13.1 Å². The number of carbonyl (C=O) groups excluding carboxylic acids is 1. The number of H-pyrrole nitrogens is 1. The van der Waals surface area contributed by atoms with Gasteiger partial charge in [0, 0.05) is 24.9 Å². The second-order valence-corrected chi connectivity index (χ2v) is 3.77. The number of nitrogens with one attached hydrogen (secondary N) is 3.